The number of nitrogens with one attached hydrogen (secondary N) is 1. The zero-order valence-corrected chi connectivity index (χ0v) is 15.4. The van der Waals surface area contributed by atoms with Crippen LogP contribution in [-0.2, 0) is 16.0 Å². The predicted molar refractivity (Wildman–Crippen MR) is 101 cm³/mol. The number of hydrogen-bond donors (Lipinski definition) is 2. The van der Waals surface area contributed by atoms with Gasteiger partial charge < -0.3 is 15.8 Å². The molecule has 5 heteroatoms. The van der Waals surface area contributed by atoms with Crippen LogP contribution >= 0.6 is 11.8 Å². The van der Waals surface area contributed by atoms with Gasteiger partial charge in [-0.25, -0.2) is 0 Å². The number of allylic oxidation sites excluding steroid dienone is 1. The summed E-state index contributed by atoms with van der Waals surface area (Å²) >= 11 is 1.66. The lowest BCUT2D eigenvalue weighted by Crippen LogP contribution is -2.59. The summed E-state index contributed by atoms with van der Waals surface area (Å²) in [4.78, 5) is 12.4. The first-order valence-electron chi connectivity index (χ1n) is 9.17. The van der Waals surface area contributed by atoms with Crippen LogP contribution in [-0.4, -0.2) is 37.0 Å². The highest BCUT2D eigenvalue weighted by Crippen LogP contribution is 2.50. The van der Waals surface area contributed by atoms with Gasteiger partial charge in [0.05, 0.1) is 11.4 Å². The zero-order valence-electron chi connectivity index (χ0n) is 14.6. The molecular weight excluding hydrogens is 332 g/mol. The second-order valence-corrected chi connectivity index (χ2v) is 8.36. The van der Waals surface area contributed by atoms with Gasteiger partial charge in [0.2, 0.25) is 5.91 Å². The fraction of sp³-hybridized carbons (Fsp3) is 0.550. The highest BCUT2D eigenvalue weighted by Gasteiger charge is 2.52. The Kier molecular flexibility index (Phi) is 4.89. The fourth-order valence-electron chi connectivity index (χ4n) is 4.91. The van der Waals surface area contributed by atoms with E-state index in [0.29, 0.717) is 24.3 Å². The number of rotatable bonds is 4. The third-order valence-electron chi connectivity index (χ3n) is 6.05. The Labute approximate surface area is 153 Å². The summed E-state index contributed by atoms with van der Waals surface area (Å²) in [5, 5.41) is 5.42. The van der Waals surface area contributed by atoms with Crippen LogP contribution in [0, 0.1) is 11.8 Å². The largest absolute Gasteiger partial charge is 0.381 e. The maximum Gasteiger partial charge on any atom is 0.234 e. The normalized spacial score (nSPS) is 36.6. The van der Waals surface area contributed by atoms with E-state index in [-0.39, 0.29) is 23.3 Å². The number of amides is 1. The van der Waals surface area contributed by atoms with E-state index in [0.717, 1.165) is 19.3 Å². The van der Waals surface area contributed by atoms with Crippen molar-refractivity contribution in [3.63, 3.8) is 0 Å². The predicted octanol–water partition coefficient (Wildman–Crippen LogP) is 2.44. The van der Waals surface area contributed by atoms with Crippen LogP contribution in [0.4, 0.5) is 0 Å². The summed E-state index contributed by atoms with van der Waals surface area (Å²) in [6.45, 7) is 0.673. The molecule has 2 heterocycles. The Morgan fingerprint density at radius 1 is 1.28 bits per heavy atom. The van der Waals surface area contributed by atoms with Crippen molar-refractivity contribution in [2.24, 2.45) is 17.6 Å². The maximum atomic E-state index is 12.4. The number of thioether (sulfide) groups is 1. The van der Waals surface area contributed by atoms with E-state index in [1.54, 1.807) is 11.8 Å². The molecule has 3 N–H and O–H groups in total. The molecule has 4 nitrogen and oxygen atoms in total. The van der Waals surface area contributed by atoms with Gasteiger partial charge in [0.25, 0.3) is 0 Å². The minimum Gasteiger partial charge on any atom is -0.381 e. The Balaban J connectivity index is 1.68. The number of nitrogens with two attached hydrogens (primary N) is 1. The van der Waals surface area contributed by atoms with Gasteiger partial charge in [-0.3, -0.25) is 4.79 Å². The second-order valence-electron chi connectivity index (χ2n) is 7.31. The molecule has 1 saturated carbocycles. The number of methoxy groups -OCH3 is 1. The monoisotopic (exact) mass is 358 g/mol. The molecule has 3 aliphatic rings. The molecule has 1 amide bonds. The molecule has 1 aromatic carbocycles. The van der Waals surface area contributed by atoms with E-state index in [2.05, 4.69) is 41.1 Å². The average Bonchev–Trinajstić information content (AvgIpc) is 3.12. The van der Waals surface area contributed by atoms with Crippen LogP contribution in [0.15, 0.2) is 35.7 Å². The van der Waals surface area contributed by atoms with Gasteiger partial charge in [0.1, 0.15) is 0 Å². The smallest absolute Gasteiger partial charge is 0.234 e. The number of carbonyl (C=O) groups is 1. The average molecular weight is 359 g/mol. The molecule has 25 heavy (non-hydrogen) atoms. The van der Waals surface area contributed by atoms with Gasteiger partial charge in [-0.1, -0.05) is 30.3 Å². The molecule has 0 radical (unpaired) electrons. The maximum absolute atomic E-state index is 12.4. The van der Waals surface area contributed by atoms with E-state index in [9.17, 15) is 4.79 Å². The molecule has 0 spiro atoms. The third-order valence-corrected chi connectivity index (χ3v) is 7.18. The minimum atomic E-state index is 0.0240. The Hall–Kier alpha value is -1.30. The van der Waals surface area contributed by atoms with Crippen LogP contribution in [0.5, 0.6) is 0 Å². The number of hydrogen-bond acceptors (Lipinski definition) is 4. The molecular formula is C20H26N2O2S. The van der Waals surface area contributed by atoms with E-state index in [1.165, 1.54) is 11.1 Å². The van der Waals surface area contributed by atoms with Crippen molar-refractivity contribution in [1.29, 1.82) is 0 Å². The van der Waals surface area contributed by atoms with E-state index >= 15 is 0 Å². The van der Waals surface area contributed by atoms with E-state index < -0.39 is 0 Å². The van der Waals surface area contributed by atoms with Crippen LogP contribution < -0.4 is 11.1 Å². The summed E-state index contributed by atoms with van der Waals surface area (Å²) in [6.07, 6.45) is 5.35. The van der Waals surface area contributed by atoms with Crippen molar-refractivity contribution < 1.29 is 9.53 Å². The van der Waals surface area contributed by atoms with E-state index in [4.69, 9.17) is 10.5 Å². The molecule has 134 valence electrons. The number of benzene rings is 1. The van der Waals surface area contributed by atoms with Gasteiger partial charge in [0, 0.05) is 25.0 Å². The lowest BCUT2D eigenvalue weighted by molar-refractivity contribution is -0.127. The summed E-state index contributed by atoms with van der Waals surface area (Å²) in [6, 6.07) is 9.10. The SMILES string of the molecule is COC1CCC2NC(=O)C3SC=CC3C2C1c1ccc(CCN)cc1. The van der Waals surface area contributed by atoms with Crippen LogP contribution in [0.1, 0.15) is 29.9 Å². The molecule has 4 rings (SSSR count). The van der Waals surface area contributed by atoms with Gasteiger partial charge in [-0.05, 0) is 48.3 Å². The van der Waals surface area contributed by atoms with Crippen LogP contribution in [0.2, 0.25) is 0 Å². The summed E-state index contributed by atoms with van der Waals surface area (Å²) in [5.41, 5.74) is 8.27. The molecule has 2 aliphatic heterocycles. The molecule has 6 atom stereocenters. The Morgan fingerprint density at radius 2 is 2.08 bits per heavy atom. The standard InChI is InChI=1S/C20H26N2O2S/c1-24-16-7-6-15-18(14-9-11-25-19(14)20(23)22-15)17(16)13-4-2-12(3-5-13)8-10-21/h2-5,9,11,14-19H,6-8,10,21H2,1H3,(H,22,23). The zero-order chi connectivity index (χ0) is 17.4. The summed E-state index contributed by atoms with van der Waals surface area (Å²) < 4.78 is 5.90. The number of carbonyl (C=O) groups excluding carboxylic acids is 1. The van der Waals surface area contributed by atoms with Gasteiger partial charge in [-0.2, -0.15) is 0 Å². The summed E-state index contributed by atoms with van der Waals surface area (Å²) in [5.74, 6) is 1.21. The van der Waals surface area contributed by atoms with Crippen LogP contribution in [0.25, 0.3) is 0 Å². The van der Waals surface area contributed by atoms with Crippen LogP contribution in [0.3, 0.4) is 0 Å². The molecule has 0 bridgehead atoms. The van der Waals surface area contributed by atoms with Gasteiger partial charge >= 0.3 is 0 Å². The first-order valence-corrected chi connectivity index (χ1v) is 10.1. The molecule has 2 fully saturated rings. The Morgan fingerprint density at radius 3 is 2.80 bits per heavy atom. The molecule has 6 unspecified atom stereocenters. The lowest BCUT2D eigenvalue weighted by Gasteiger charge is -2.49. The Bertz CT molecular complexity index is 660. The van der Waals surface area contributed by atoms with Crippen molar-refractivity contribution in [3.05, 3.63) is 46.9 Å². The van der Waals surface area contributed by atoms with Crippen molar-refractivity contribution >= 4 is 17.7 Å². The fourth-order valence-corrected chi connectivity index (χ4v) is 6.00. The topological polar surface area (TPSA) is 64.3 Å². The van der Waals surface area contributed by atoms with Gasteiger partial charge in [-0.15, -0.1) is 11.8 Å². The third kappa shape index (κ3) is 3.03. The van der Waals surface area contributed by atoms with Crippen molar-refractivity contribution in [3.8, 4) is 0 Å². The highest BCUT2D eigenvalue weighted by atomic mass is 32.2. The van der Waals surface area contributed by atoms with Gasteiger partial charge in [0.15, 0.2) is 0 Å². The quantitative estimate of drug-likeness (QED) is 0.868. The lowest BCUT2D eigenvalue weighted by atomic mass is 9.63. The molecule has 0 aromatic heterocycles. The summed E-state index contributed by atoms with van der Waals surface area (Å²) in [7, 11) is 1.82. The van der Waals surface area contributed by atoms with Crippen molar-refractivity contribution in [2.45, 2.75) is 42.6 Å². The number of fused-ring (bicyclic) bond motifs is 3. The molecule has 1 aromatic rings. The second kappa shape index (κ2) is 7.14. The molecule has 1 aliphatic carbocycles. The number of piperidine rings is 1. The first kappa shape index (κ1) is 17.1. The highest BCUT2D eigenvalue weighted by molar-refractivity contribution is 8.03. The first-order chi connectivity index (χ1) is 12.2. The van der Waals surface area contributed by atoms with E-state index in [1.807, 2.05) is 7.11 Å². The van der Waals surface area contributed by atoms with Crippen molar-refractivity contribution in [1.82, 2.24) is 5.32 Å². The minimum absolute atomic E-state index is 0.0240. The number of ether oxygens (including phenoxy) is 1. The molecule has 1 saturated heterocycles. The van der Waals surface area contributed by atoms with Crippen molar-refractivity contribution in [2.75, 3.05) is 13.7 Å².